The van der Waals surface area contributed by atoms with Crippen LogP contribution in [-0.2, 0) is 9.59 Å². The molecule has 146 valence electrons. The topological polar surface area (TPSA) is 113 Å². The van der Waals surface area contributed by atoms with Crippen molar-refractivity contribution >= 4 is 39.9 Å². The van der Waals surface area contributed by atoms with Crippen molar-refractivity contribution in [1.82, 2.24) is 15.3 Å². The summed E-state index contributed by atoms with van der Waals surface area (Å²) in [6, 6.07) is 9.68. The molecule has 0 radical (unpaired) electrons. The molecule has 0 fully saturated rings. The van der Waals surface area contributed by atoms with Crippen molar-refractivity contribution in [2.24, 2.45) is 0 Å². The van der Waals surface area contributed by atoms with Crippen molar-refractivity contribution in [1.29, 1.82) is 0 Å². The first-order valence-electron chi connectivity index (χ1n) is 8.97. The lowest BCUT2D eigenvalue weighted by Crippen LogP contribution is -2.41. The summed E-state index contributed by atoms with van der Waals surface area (Å²) in [5.41, 5.74) is 2.53. The van der Waals surface area contributed by atoms with Gasteiger partial charge in [0.15, 0.2) is 5.13 Å². The van der Waals surface area contributed by atoms with Gasteiger partial charge in [-0.25, -0.2) is 4.98 Å². The van der Waals surface area contributed by atoms with Gasteiger partial charge < -0.3 is 16.0 Å². The Morgan fingerprint density at radius 3 is 2.76 bits per heavy atom. The van der Waals surface area contributed by atoms with Crippen molar-refractivity contribution in [2.75, 3.05) is 10.6 Å². The molecule has 0 bridgehead atoms. The predicted octanol–water partition coefficient (Wildman–Crippen LogP) is 2.67. The molecule has 1 aliphatic rings. The Morgan fingerprint density at radius 2 is 1.93 bits per heavy atom. The van der Waals surface area contributed by atoms with Crippen LogP contribution in [0.25, 0.3) is 11.3 Å². The summed E-state index contributed by atoms with van der Waals surface area (Å²) in [5.74, 6) is -0.957. The van der Waals surface area contributed by atoms with Crippen LogP contribution in [0.2, 0.25) is 0 Å². The molecule has 4 rings (SSSR count). The predicted molar refractivity (Wildman–Crippen MR) is 110 cm³/mol. The molecule has 3 N–H and O–H groups in total. The normalized spacial score (nSPS) is 15.7. The van der Waals surface area contributed by atoms with Gasteiger partial charge in [0.05, 0.1) is 16.9 Å². The Morgan fingerprint density at radius 1 is 1.14 bits per heavy atom. The molecule has 8 nitrogen and oxygen atoms in total. The number of hydrogen-bond acceptors (Lipinski definition) is 6. The molecule has 0 saturated heterocycles. The Balaban J connectivity index is 1.35. The summed E-state index contributed by atoms with van der Waals surface area (Å²) in [5, 5.41) is 10.5. The summed E-state index contributed by atoms with van der Waals surface area (Å²) in [7, 11) is 0. The minimum Gasteiger partial charge on any atom is -0.340 e. The lowest BCUT2D eigenvalue weighted by atomic mass is 10.1. The zero-order valence-electron chi connectivity index (χ0n) is 15.2. The Bertz CT molecular complexity index is 1070. The van der Waals surface area contributed by atoms with E-state index in [1.165, 1.54) is 11.3 Å². The van der Waals surface area contributed by atoms with E-state index in [4.69, 9.17) is 0 Å². The standard InChI is InChI=1S/C20H17N5O3S/c26-17(25-20-24-16(11-29-20)12-7-9-21-10-8-12)6-5-15-19(28)22-14-4-2-1-3-13(14)18(27)23-15/h1-4,7-11,15H,5-6H2,(H,22,28)(H,23,27)(H,24,25,26)/t15-/m0/s1. The average molecular weight is 407 g/mol. The van der Waals surface area contributed by atoms with Crippen LogP contribution >= 0.6 is 11.3 Å². The third-order valence-electron chi connectivity index (χ3n) is 4.44. The van der Waals surface area contributed by atoms with E-state index in [0.717, 1.165) is 11.3 Å². The third kappa shape index (κ3) is 4.30. The van der Waals surface area contributed by atoms with E-state index in [9.17, 15) is 14.4 Å². The van der Waals surface area contributed by atoms with E-state index in [-0.39, 0.29) is 30.6 Å². The number of thiazole rings is 1. The number of aromatic nitrogens is 2. The van der Waals surface area contributed by atoms with E-state index in [0.29, 0.717) is 16.4 Å². The maximum absolute atomic E-state index is 12.4. The van der Waals surface area contributed by atoms with Gasteiger partial charge in [-0.3, -0.25) is 19.4 Å². The Labute approximate surface area is 170 Å². The second kappa shape index (κ2) is 8.19. The largest absolute Gasteiger partial charge is 0.340 e. The summed E-state index contributed by atoms with van der Waals surface area (Å²) in [6.45, 7) is 0. The molecule has 29 heavy (non-hydrogen) atoms. The molecule has 3 heterocycles. The molecule has 0 saturated carbocycles. The van der Waals surface area contributed by atoms with Crippen LogP contribution in [0.15, 0.2) is 54.2 Å². The average Bonchev–Trinajstić information content (AvgIpc) is 3.15. The van der Waals surface area contributed by atoms with Crippen molar-refractivity contribution in [3.8, 4) is 11.3 Å². The zero-order chi connectivity index (χ0) is 20.2. The van der Waals surface area contributed by atoms with Gasteiger partial charge in [-0.2, -0.15) is 0 Å². The highest BCUT2D eigenvalue weighted by atomic mass is 32.1. The van der Waals surface area contributed by atoms with Crippen LogP contribution in [0.5, 0.6) is 0 Å². The van der Waals surface area contributed by atoms with Gasteiger partial charge in [0.2, 0.25) is 11.8 Å². The number of amides is 3. The van der Waals surface area contributed by atoms with Crippen molar-refractivity contribution in [3.05, 3.63) is 59.7 Å². The number of fused-ring (bicyclic) bond motifs is 1. The molecule has 3 aromatic rings. The second-order valence-electron chi connectivity index (χ2n) is 6.42. The fraction of sp³-hybridized carbons (Fsp3) is 0.150. The van der Waals surface area contributed by atoms with Crippen molar-refractivity contribution in [2.45, 2.75) is 18.9 Å². The Hall–Kier alpha value is -3.59. The summed E-state index contributed by atoms with van der Waals surface area (Å²) in [6.07, 6.45) is 3.60. The molecule has 3 amide bonds. The quantitative estimate of drug-likeness (QED) is 0.602. The maximum atomic E-state index is 12.4. The number of nitrogens with zero attached hydrogens (tertiary/aromatic N) is 2. The second-order valence-corrected chi connectivity index (χ2v) is 7.28. The van der Waals surface area contributed by atoms with Gasteiger partial charge in [-0.05, 0) is 30.7 Å². The fourth-order valence-electron chi connectivity index (χ4n) is 2.96. The zero-order valence-corrected chi connectivity index (χ0v) is 16.0. The first-order chi connectivity index (χ1) is 14.1. The molecule has 0 spiro atoms. The number of rotatable bonds is 5. The highest BCUT2D eigenvalue weighted by Gasteiger charge is 2.27. The fourth-order valence-corrected chi connectivity index (χ4v) is 3.69. The number of para-hydroxylation sites is 1. The number of benzene rings is 1. The summed E-state index contributed by atoms with van der Waals surface area (Å²) >= 11 is 1.32. The van der Waals surface area contributed by atoms with Crippen LogP contribution < -0.4 is 16.0 Å². The van der Waals surface area contributed by atoms with E-state index in [1.807, 2.05) is 17.5 Å². The molecule has 1 aromatic carbocycles. The SMILES string of the molecule is O=C(CC[C@@H]1NC(=O)c2ccccc2NC1=O)Nc1nc(-c2ccncc2)cs1. The lowest BCUT2D eigenvalue weighted by molar-refractivity contribution is -0.118. The lowest BCUT2D eigenvalue weighted by Gasteiger charge is -2.13. The number of carbonyl (C=O) groups is 3. The monoisotopic (exact) mass is 407 g/mol. The highest BCUT2D eigenvalue weighted by molar-refractivity contribution is 7.14. The highest BCUT2D eigenvalue weighted by Crippen LogP contribution is 2.24. The molecular formula is C20H17N5O3S. The van der Waals surface area contributed by atoms with E-state index in [2.05, 4.69) is 25.9 Å². The van der Waals surface area contributed by atoms with Gasteiger partial charge in [0.1, 0.15) is 6.04 Å². The van der Waals surface area contributed by atoms with E-state index >= 15 is 0 Å². The first-order valence-corrected chi connectivity index (χ1v) is 9.84. The molecule has 1 atom stereocenters. The van der Waals surface area contributed by atoms with Gasteiger partial charge >= 0.3 is 0 Å². The number of carbonyl (C=O) groups excluding carboxylic acids is 3. The number of pyridine rings is 1. The third-order valence-corrected chi connectivity index (χ3v) is 5.20. The number of hydrogen-bond donors (Lipinski definition) is 3. The minimum absolute atomic E-state index is 0.0683. The minimum atomic E-state index is -0.788. The molecule has 9 heteroatoms. The van der Waals surface area contributed by atoms with Crippen LogP contribution in [0.4, 0.5) is 10.8 Å². The van der Waals surface area contributed by atoms with Crippen LogP contribution in [-0.4, -0.2) is 33.7 Å². The van der Waals surface area contributed by atoms with Crippen LogP contribution in [0, 0.1) is 0 Å². The van der Waals surface area contributed by atoms with Crippen LogP contribution in [0.3, 0.4) is 0 Å². The summed E-state index contributed by atoms with van der Waals surface area (Å²) < 4.78 is 0. The number of anilines is 2. The molecule has 0 unspecified atom stereocenters. The molecule has 2 aromatic heterocycles. The first kappa shape index (κ1) is 18.8. The van der Waals surface area contributed by atoms with Crippen molar-refractivity contribution in [3.63, 3.8) is 0 Å². The summed E-state index contributed by atoms with van der Waals surface area (Å²) in [4.78, 5) is 45.4. The van der Waals surface area contributed by atoms with Gasteiger partial charge in [-0.15, -0.1) is 11.3 Å². The van der Waals surface area contributed by atoms with Gasteiger partial charge in [0, 0.05) is 29.8 Å². The molecular weight excluding hydrogens is 390 g/mol. The molecule has 1 aliphatic heterocycles. The molecule has 0 aliphatic carbocycles. The van der Waals surface area contributed by atoms with Crippen LogP contribution in [0.1, 0.15) is 23.2 Å². The number of nitrogens with one attached hydrogen (secondary N) is 3. The van der Waals surface area contributed by atoms with E-state index < -0.39 is 6.04 Å². The Kier molecular flexibility index (Phi) is 5.30. The smallest absolute Gasteiger partial charge is 0.254 e. The maximum Gasteiger partial charge on any atom is 0.254 e. The van der Waals surface area contributed by atoms with E-state index in [1.54, 1.807) is 36.7 Å². The van der Waals surface area contributed by atoms with Gasteiger partial charge in [0.25, 0.3) is 5.91 Å². The van der Waals surface area contributed by atoms with Crippen molar-refractivity contribution < 1.29 is 14.4 Å². The van der Waals surface area contributed by atoms with Gasteiger partial charge in [-0.1, -0.05) is 12.1 Å².